The molecule has 11 heavy (non-hydrogen) atoms. The first-order chi connectivity index (χ1) is 5.34. The van der Waals surface area contributed by atoms with E-state index < -0.39 is 0 Å². The second-order valence-corrected chi connectivity index (χ2v) is 4.17. The molecular formula is C10H13I. The summed E-state index contributed by atoms with van der Waals surface area (Å²) in [7, 11) is 0. The quantitative estimate of drug-likeness (QED) is 0.570. The molecule has 1 heteroatoms. The Balaban J connectivity index is 2.61. The number of benzene rings is 1. The van der Waals surface area contributed by atoms with Crippen LogP contribution in [0.3, 0.4) is 0 Å². The number of rotatable bonds is 3. The van der Waals surface area contributed by atoms with E-state index in [0.717, 1.165) is 0 Å². The van der Waals surface area contributed by atoms with Crippen molar-refractivity contribution in [2.45, 2.75) is 23.7 Å². The van der Waals surface area contributed by atoms with Gasteiger partial charge in [-0.25, -0.2) is 0 Å². The first kappa shape index (κ1) is 9.04. The van der Waals surface area contributed by atoms with Crippen LogP contribution >= 0.6 is 22.6 Å². The molecule has 0 N–H and O–H groups in total. The zero-order chi connectivity index (χ0) is 8.10. The Morgan fingerprint density at radius 3 is 2.45 bits per heavy atom. The van der Waals surface area contributed by atoms with Gasteiger partial charge in [0.05, 0.1) is 0 Å². The van der Waals surface area contributed by atoms with Gasteiger partial charge >= 0.3 is 0 Å². The summed E-state index contributed by atoms with van der Waals surface area (Å²) in [5.74, 6) is 0. The van der Waals surface area contributed by atoms with Crippen molar-refractivity contribution in [1.82, 2.24) is 0 Å². The van der Waals surface area contributed by atoms with Crippen molar-refractivity contribution < 1.29 is 0 Å². The first-order valence-corrected chi connectivity index (χ1v) is 5.28. The predicted molar refractivity (Wildman–Crippen MR) is 58.1 cm³/mol. The van der Waals surface area contributed by atoms with Gasteiger partial charge in [0.1, 0.15) is 0 Å². The molecule has 0 saturated carbocycles. The number of halogens is 1. The smallest absolute Gasteiger partial charge is 0.0359 e. The van der Waals surface area contributed by atoms with Crippen LogP contribution in [0.5, 0.6) is 0 Å². The molecule has 0 bridgehead atoms. The van der Waals surface area contributed by atoms with Gasteiger partial charge in [0, 0.05) is 3.92 Å². The van der Waals surface area contributed by atoms with E-state index in [1.807, 2.05) is 0 Å². The molecule has 0 radical (unpaired) electrons. The maximum absolute atomic E-state index is 2.51. The first-order valence-electron chi connectivity index (χ1n) is 4.03. The Kier molecular flexibility index (Phi) is 3.91. The van der Waals surface area contributed by atoms with Crippen molar-refractivity contribution in [1.29, 1.82) is 0 Å². The fourth-order valence-electron chi connectivity index (χ4n) is 1.08. The summed E-state index contributed by atoms with van der Waals surface area (Å²) in [5.41, 5.74) is 1.45. The predicted octanol–water partition coefficient (Wildman–Crippen LogP) is 3.96. The van der Waals surface area contributed by atoms with Crippen LogP contribution in [-0.4, -0.2) is 0 Å². The summed E-state index contributed by atoms with van der Waals surface area (Å²) in [6.07, 6.45) is 2.55. The molecule has 0 aliphatic heterocycles. The van der Waals surface area contributed by atoms with Crippen LogP contribution in [0.25, 0.3) is 0 Å². The van der Waals surface area contributed by atoms with E-state index >= 15 is 0 Å². The summed E-state index contributed by atoms with van der Waals surface area (Å²) in [5, 5.41) is 0. The van der Waals surface area contributed by atoms with Gasteiger partial charge in [0.15, 0.2) is 0 Å². The summed E-state index contributed by atoms with van der Waals surface area (Å²) < 4.78 is 0.693. The van der Waals surface area contributed by atoms with E-state index in [1.165, 1.54) is 18.4 Å². The Labute approximate surface area is 82.2 Å². The summed E-state index contributed by atoms with van der Waals surface area (Å²) in [4.78, 5) is 0. The highest BCUT2D eigenvalue weighted by Crippen LogP contribution is 2.27. The largest absolute Gasteiger partial charge is 0.0774 e. The van der Waals surface area contributed by atoms with Crippen molar-refractivity contribution in [3.8, 4) is 0 Å². The minimum absolute atomic E-state index is 0.693. The van der Waals surface area contributed by atoms with Crippen LogP contribution in [0.2, 0.25) is 0 Å². The highest BCUT2D eigenvalue weighted by molar-refractivity contribution is 14.1. The van der Waals surface area contributed by atoms with Gasteiger partial charge in [-0.05, 0) is 12.0 Å². The Hall–Kier alpha value is -0.0500. The molecule has 0 heterocycles. The van der Waals surface area contributed by atoms with Crippen LogP contribution in [0.1, 0.15) is 29.3 Å². The molecule has 0 nitrogen and oxygen atoms in total. The molecule has 0 aliphatic carbocycles. The van der Waals surface area contributed by atoms with Gasteiger partial charge in [-0.15, -0.1) is 0 Å². The Bertz CT molecular complexity index is 193. The minimum atomic E-state index is 0.693. The van der Waals surface area contributed by atoms with E-state index in [2.05, 4.69) is 59.8 Å². The molecule has 0 aromatic heterocycles. The molecule has 0 fully saturated rings. The molecule has 0 amide bonds. The molecule has 1 aromatic rings. The maximum Gasteiger partial charge on any atom is 0.0359 e. The van der Waals surface area contributed by atoms with Gasteiger partial charge in [-0.1, -0.05) is 66.3 Å². The Morgan fingerprint density at radius 2 is 1.91 bits per heavy atom. The van der Waals surface area contributed by atoms with Gasteiger partial charge in [-0.3, -0.25) is 0 Å². The average molecular weight is 260 g/mol. The van der Waals surface area contributed by atoms with Crippen LogP contribution in [0.15, 0.2) is 30.3 Å². The van der Waals surface area contributed by atoms with Crippen LogP contribution in [0.4, 0.5) is 0 Å². The lowest BCUT2D eigenvalue weighted by Crippen LogP contribution is -1.87. The van der Waals surface area contributed by atoms with Crippen molar-refractivity contribution in [2.75, 3.05) is 0 Å². The zero-order valence-corrected chi connectivity index (χ0v) is 8.91. The third-order valence-corrected chi connectivity index (χ3v) is 3.05. The maximum atomic E-state index is 2.51. The van der Waals surface area contributed by atoms with Crippen molar-refractivity contribution in [2.24, 2.45) is 0 Å². The van der Waals surface area contributed by atoms with Gasteiger partial charge < -0.3 is 0 Å². The number of hydrogen-bond donors (Lipinski definition) is 0. The fourth-order valence-corrected chi connectivity index (χ4v) is 2.12. The molecule has 1 rings (SSSR count). The average Bonchev–Trinajstić information content (AvgIpc) is 2.07. The van der Waals surface area contributed by atoms with Crippen molar-refractivity contribution in [3.63, 3.8) is 0 Å². The number of hydrogen-bond acceptors (Lipinski definition) is 0. The summed E-state index contributed by atoms with van der Waals surface area (Å²) in [6, 6.07) is 10.7. The number of alkyl halides is 1. The molecular weight excluding hydrogens is 247 g/mol. The normalized spacial score (nSPS) is 12.9. The fraction of sp³-hybridized carbons (Fsp3) is 0.400. The van der Waals surface area contributed by atoms with Crippen LogP contribution in [-0.2, 0) is 0 Å². The molecule has 60 valence electrons. The van der Waals surface area contributed by atoms with Crippen LogP contribution < -0.4 is 0 Å². The molecule has 1 unspecified atom stereocenters. The lowest BCUT2D eigenvalue weighted by Gasteiger charge is -2.07. The van der Waals surface area contributed by atoms with E-state index in [4.69, 9.17) is 0 Å². The van der Waals surface area contributed by atoms with Gasteiger partial charge in [0.25, 0.3) is 0 Å². The van der Waals surface area contributed by atoms with Gasteiger partial charge in [-0.2, -0.15) is 0 Å². The van der Waals surface area contributed by atoms with E-state index in [1.54, 1.807) is 0 Å². The molecule has 0 spiro atoms. The topological polar surface area (TPSA) is 0 Å². The monoisotopic (exact) mass is 260 g/mol. The highest BCUT2D eigenvalue weighted by Gasteiger charge is 2.03. The van der Waals surface area contributed by atoms with Crippen molar-refractivity contribution in [3.05, 3.63) is 35.9 Å². The Morgan fingerprint density at radius 1 is 1.27 bits per heavy atom. The molecule has 1 aromatic carbocycles. The van der Waals surface area contributed by atoms with E-state index in [-0.39, 0.29) is 0 Å². The highest BCUT2D eigenvalue weighted by atomic mass is 127. The van der Waals surface area contributed by atoms with Crippen molar-refractivity contribution >= 4 is 22.6 Å². The minimum Gasteiger partial charge on any atom is -0.0774 e. The SMILES string of the molecule is CCCC(I)c1ccccc1. The van der Waals surface area contributed by atoms with Gasteiger partial charge in [0.2, 0.25) is 0 Å². The summed E-state index contributed by atoms with van der Waals surface area (Å²) in [6.45, 7) is 2.23. The summed E-state index contributed by atoms with van der Waals surface area (Å²) >= 11 is 2.51. The third kappa shape index (κ3) is 2.81. The second-order valence-electron chi connectivity index (χ2n) is 2.67. The second kappa shape index (κ2) is 4.75. The molecule has 0 saturated heterocycles. The van der Waals surface area contributed by atoms with E-state index in [0.29, 0.717) is 3.92 Å². The standard InChI is InChI=1S/C10H13I/c1-2-6-10(11)9-7-4-3-5-8-9/h3-5,7-8,10H,2,6H2,1H3. The molecule has 0 aliphatic rings. The molecule has 1 atom stereocenters. The zero-order valence-electron chi connectivity index (χ0n) is 6.76. The third-order valence-electron chi connectivity index (χ3n) is 1.70. The lowest BCUT2D eigenvalue weighted by atomic mass is 10.1. The van der Waals surface area contributed by atoms with Crippen LogP contribution in [0, 0.1) is 0 Å². The lowest BCUT2D eigenvalue weighted by molar-refractivity contribution is 0.799. The van der Waals surface area contributed by atoms with E-state index in [9.17, 15) is 0 Å².